The Hall–Kier alpha value is -0.490. The number of hydrogen-bond donors (Lipinski definition) is 2. The number of nitrogens with one attached hydrogen (secondary N) is 1. The second-order valence-corrected chi connectivity index (χ2v) is 5.45. The molecule has 1 aliphatic heterocycles. The topological polar surface area (TPSA) is 47.3 Å². The van der Waals surface area contributed by atoms with Gasteiger partial charge in [0, 0.05) is 27.6 Å². The van der Waals surface area contributed by atoms with E-state index in [2.05, 4.69) is 40.9 Å². The third-order valence-electron chi connectivity index (χ3n) is 2.84. The lowest BCUT2D eigenvalue weighted by molar-refractivity contribution is 0.0232. The van der Waals surface area contributed by atoms with Gasteiger partial charge in [-0.15, -0.1) is 0 Å². The van der Waals surface area contributed by atoms with Crippen LogP contribution in [0.1, 0.15) is 19.8 Å². The summed E-state index contributed by atoms with van der Waals surface area (Å²) in [5.41, 5.74) is 7.72. The third-order valence-corrected chi connectivity index (χ3v) is 3.73. The van der Waals surface area contributed by atoms with Gasteiger partial charge < -0.3 is 15.8 Å². The van der Waals surface area contributed by atoms with Crippen LogP contribution in [0.2, 0.25) is 0 Å². The van der Waals surface area contributed by atoms with Crippen LogP contribution in [0.4, 0.5) is 11.4 Å². The van der Waals surface area contributed by atoms with Crippen LogP contribution in [-0.2, 0) is 4.74 Å². The molecule has 0 spiro atoms. The first-order valence-electron chi connectivity index (χ1n) is 5.58. The molecule has 2 rings (SSSR count). The molecule has 0 aliphatic carbocycles. The van der Waals surface area contributed by atoms with Crippen molar-refractivity contribution in [3.05, 3.63) is 21.8 Å². The summed E-state index contributed by atoms with van der Waals surface area (Å²) in [6.45, 7) is 2.98. The Morgan fingerprint density at radius 1 is 1.50 bits per heavy atom. The second kappa shape index (κ2) is 5.23. The highest BCUT2D eigenvalue weighted by molar-refractivity contribution is 14.1. The lowest BCUT2D eigenvalue weighted by Gasteiger charge is -2.29. The van der Waals surface area contributed by atoms with E-state index in [0.717, 1.165) is 25.1 Å². The van der Waals surface area contributed by atoms with Crippen LogP contribution in [0.5, 0.6) is 0 Å². The molecule has 2 unspecified atom stereocenters. The standard InChI is InChI=1S/C12H17IN2O/c1-8-6-10(4-5-16-8)15-12-3-2-9(14)7-11(12)13/h2-3,7-8,10,15H,4-6,14H2,1H3. The van der Waals surface area contributed by atoms with Gasteiger partial charge >= 0.3 is 0 Å². The van der Waals surface area contributed by atoms with Crippen molar-refractivity contribution in [3.63, 3.8) is 0 Å². The maximum Gasteiger partial charge on any atom is 0.0566 e. The van der Waals surface area contributed by atoms with Crippen LogP contribution in [0.15, 0.2) is 18.2 Å². The second-order valence-electron chi connectivity index (χ2n) is 4.29. The van der Waals surface area contributed by atoms with Gasteiger partial charge in [0.2, 0.25) is 0 Å². The Balaban J connectivity index is 2.02. The van der Waals surface area contributed by atoms with E-state index >= 15 is 0 Å². The number of rotatable bonds is 2. The Bertz CT molecular complexity index is 370. The summed E-state index contributed by atoms with van der Waals surface area (Å²) in [4.78, 5) is 0. The monoisotopic (exact) mass is 332 g/mol. The van der Waals surface area contributed by atoms with Crippen molar-refractivity contribution >= 4 is 34.0 Å². The largest absolute Gasteiger partial charge is 0.399 e. The fourth-order valence-electron chi connectivity index (χ4n) is 2.00. The smallest absolute Gasteiger partial charge is 0.0566 e. The highest BCUT2D eigenvalue weighted by Gasteiger charge is 2.19. The van der Waals surface area contributed by atoms with Gasteiger partial charge in [0.05, 0.1) is 6.10 Å². The van der Waals surface area contributed by atoms with E-state index in [-0.39, 0.29) is 0 Å². The molecule has 1 aromatic carbocycles. The lowest BCUT2D eigenvalue weighted by atomic mass is 10.0. The zero-order valence-electron chi connectivity index (χ0n) is 9.37. The third kappa shape index (κ3) is 3.01. The van der Waals surface area contributed by atoms with Gasteiger partial charge in [0.1, 0.15) is 0 Å². The van der Waals surface area contributed by atoms with Gasteiger partial charge in [0.25, 0.3) is 0 Å². The number of benzene rings is 1. The molecular formula is C12H17IN2O. The number of anilines is 2. The molecule has 16 heavy (non-hydrogen) atoms. The van der Waals surface area contributed by atoms with E-state index in [9.17, 15) is 0 Å². The van der Waals surface area contributed by atoms with Crippen LogP contribution >= 0.6 is 22.6 Å². The van der Waals surface area contributed by atoms with Gasteiger partial charge in [-0.25, -0.2) is 0 Å². The van der Waals surface area contributed by atoms with E-state index in [1.165, 1.54) is 9.26 Å². The first-order valence-corrected chi connectivity index (χ1v) is 6.66. The molecule has 0 aromatic heterocycles. The van der Waals surface area contributed by atoms with Crippen molar-refractivity contribution < 1.29 is 4.74 Å². The minimum absolute atomic E-state index is 0.359. The SMILES string of the molecule is CC1CC(Nc2ccc(N)cc2I)CCO1. The Kier molecular flexibility index (Phi) is 3.91. The Morgan fingerprint density at radius 2 is 2.31 bits per heavy atom. The predicted octanol–water partition coefficient (Wildman–Crippen LogP) is 2.85. The number of hydrogen-bond acceptors (Lipinski definition) is 3. The van der Waals surface area contributed by atoms with Gasteiger partial charge in [-0.1, -0.05) is 0 Å². The summed E-state index contributed by atoms with van der Waals surface area (Å²) in [7, 11) is 0. The van der Waals surface area contributed by atoms with Gasteiger partial charge in [0.15, 0.2) is 0 Å². The van der Waals surface area contributed by atoms with Crippen molar-refractivity contribution in [1.29, 1.82) is 0 Å². The highest BCUT2D eigenvalue weighted by Crippen LogP contribution is 2.24. The molecule has 1 aliphatic rings. The van der Waals surface area contributed by atoms with Crippen molar-refractivity contribution in [2.24, 2.45) is 0 Å². The molecule has 1 fully saturated rings. The summed E-state index contributed by atoms with van der Waals surface area (Å²) in [5, 5.41) is 3.56. The molecule has 0 amide bonds. The zero-order valence-corrected chi connectivity index (χ0v) is 11.5. The first-order chi connectivity index (χ1) is 7.65. The van der Waals surface area contributed by atoms with Crippen molar-refractivity contribution in [1.82, 2.24) is 0 Å². The average molecular weight is 332 g/mol. The minimum Gasteiger partial charge on any atom is -0.399 e. The van der Waals surface area contributed by atoms with Crippen LogP contribution in [0.25, 0.3) is 0 Å². The maximum absolute atomic E-state index is 5.73. The Morgan fingerprint density at radius 3 is 3.00 bits per heavy atom. The number of halogens is 1. The quantitative estimate of drug-likeness (QED) is 0.647. The van der Waals surface area contributed by atoms with Crippen molar-refractivity contribution in [3.8, 4) is 0 Å². The Labute approximate surface area is 110 Å². The fourth-order valence-corrected chi connectivity index (χ4v) is 2.69. The normalized spacial score (nSPS) is 25.4. The van der Waals surface area contributed by atoms with Gasteiger partial charge in [-0.05, 0) is 60.6 Å². The van der Waals surface area contributed by atoms with Crippen molar-refractivity contribution in [2.45, 2.75) is 31.9 Å². The zero-order chi connectivity index (χ0) is 11.5. The van der Waals surface area contributed by atoms with Crippen LogP contribution < -0.4 is 11.1 Å². The number of ether oxygens (including phenoxy) is 1. The molecule has 0 bridgehead atoms. The first kappa shape index (κ1) is 12.0. The molecule has 88 valence electrons. The molecule has 4 heteroatoms. The number of nitrogen functional groups attached to an aromatic ring is 1. The lowest BCUT2D eigenvalue weighted by Crippen LogP contribution is -2.32. The van der Waals surface area contributed by atoms with E-state index in [4.69, 9.17) is 10.5 Å². The molecular weight excluding hydrogens is 315 g/mol. The molecule has 0 saturated carbocycles. The van der Waals surface area contributed by atoms with Crippen LogP contribution in [0.3, 0.4) is 0 Å². The van der Waals surface area contributed by atoms with Crippen LogP contribution in [-0.4, -0.2) is 18.8 Å². The highest BCUT2D eigenvalue weighted by atomic mass is 127. The van der Waals surface area contributed by atoms with E-state index in [1.54, 1.807) is 0 Å². The van der Waals surface area contributed by atoms with Crippen LogP contribution in [0, 0.1) is 3.57 Å². The summed E-state index contributed by atoms with van der Waals surface area (Å²) in [5.74, 6) is 0. The molecule has 0 radical (unpaired) electrons. The fraction of sp³-hybridized carbons (Fsp3) is 0.500. The molecule has 1 heterocycles. The van der Waals surface area contributed by atoms with Gasteiger partial charge in [-0.2, -0.15) is 0 Å². The molecule has 1 aromatic rings. The predicted molar refractivity (Wildman–Crippen MR) is 75.6 cm³/mol. The van der Waals surface area contributed by atoms with Crippen molar-refractivity contribution in [2.75, 3.05) is 17.7 Å². The van der Waals surface area contributed by atoms with E-state index in [1.807, 2.05) is 12.1 Å². The average Bonchev–Trinajstić information content (AvgIpc) is 2.22. The van der Waals surface area contributed by atoms with Gasteiger partial charge in [-0.3, -0.25) is 0 Å². The molecule has 2 atom stereocenters. The number of nitrogens with two attached hydrogens (primary N) is 1. The molecule has 3 N–H and O–H groups in total. The molecule has 3 nitrogen and oxygen atoms in total. The van der Waals surface area contributed by atoms with E-state index in [0.29, 0.717) is 12.1 Å². The minimum atomic E-state index is 0.359. The maximum atomic E-state index is 5.73. The summed E-state index contributed by atoms with van der Waals surface area (Å²) >= 11 is 2.31. The summed E-state index contributed by atoms with van der Waals surface area (Å²) in [6.07, 6.45) is 2.50. The molecule has 1 saturated heterocycles. The summed E-state index contributed by atoms with van der Waals surface area (Å²) in [6, 6.07) is 6.50. The van der Waals surface area contributed by atoms with E-state index < -0.39 is 0 Å². The summed E-state index contributed by atoms with van der Waals surface area (Å²) < 4.78 is 6.71.